The minimum atomic E-state index is -0.877. The van der Waals surface area contributed by atoms with E-state index >= 15 is 0 Å². The lowest BCUT2D eigenvalue weighted by Gasteiger charge is -2.40. The van der Waals surface area contributed by atoms with Crippen molar-refractivity contribution >= 4 is 36.2 Å². The van der Waals surface area contributed by atoms with E-state index < -0.39 is 11.4 Å². The Morgan fingerprint density at radius 2 is 2.07 bits per heavy atom. The summed E-state index contributed by atoms with van der Waals surface area (Å²) in [6.07, 6.45) is 10.5. The van der Waals surface area contributed by atoms with Crippen LogP contribution in [-0.2, 0) is 9.59 Å². The van der Waals surface area contributed by atoms with E-state index in [9.17, 15) is 14.7 Å². The first-order valence-corrected chi connectivity index (χ1v) is 9.11. The fourth-order valence-electron chi connectivity index (χ4n) is 3.92. The molecule has 4 rings (SSSR count). The molecule has 28 heavy (non-hydrogen) atoms. The number of carboxylic acid groups (broad SMARTS) is 1. The summed E-state index contributed by atoms with van der Waals surface area (Å²) in [6, 6.07) is 1.95. The third-order valence-electron chi connectivity index (χ3n) is 5.54. The molecule has 0 aliphatic carbocycles. The Morgan fingerprint density at radius 3 is 2.75 bits per heavy atom. The normalized spacial score (nSPS) is 16.1. The minimum Gasteiger partial charge on any atom is -0.481 e. The highest BCUT2D eigenvalue weighted by molar-refractivity contribution is 6.67. The highest BCUT2D eigenvalue weighted by Crippen LogP contribution is 2.40. The van der Waals surface area contributed by atoms with Crippen LogP contribution in [0.25, 0.3) is 22.2 Å². The average molecular weight is 376 g/mol. The van der Waals surface area contributed by atoms with Gasteiger partial charge in [-0.1, -0.05) is 6.32 Å². The standard InChI is InChI=1S/C19H19BN5O3/c26-11-20-10-19(18(27)28)2-5-25(6-3-19)15-1-4-23-17-16(15)14(9-24-17)13-7-21-12-22-8-13/h1,4,7-9,11-12H,2-3,5-6,10H2,(H,23,24)(H,27,28). The fraction of sp³-hybridized carbons (Fsp3) is 0.316. The molecule has 8 nitrogen and oxygen atoms in total. The van der Waals surface area contributed by atoms with Crippen molar-refractivity contribution < 1.29 is 14.7 Å². The topological polar surface area (TPSA) is 112 Å². The third-order valence-corrected chi connectivity index (χ3v) is 5.54. The highest BCUT2D eigenvalue weighted by atomic mass is 16.4. The summed E-state index contributed by atoms with van der Waals surface area (Å²) < 4.78 is 0. The van der Waals surface area contributed by atoms with Gasteiger partial charge in [0.25, 0.3) is 0 Å². The predicted molar refractivity (Wildman–Crippen MR) is 106 cm³/mol. The molecule has 141 valence electrons. The van der Waals surface area contributed by atoms with Gasteiger partial charge in [-0.3, -0.25) is 4.79 Å². The summed E-state index contributed by atoms with van der Waals surface area (Å²) in [6.45, 7) is 1.18. The summed E-state index contributed by atoms with van der Waals surface area (Å²) in [5.41, 5.74) is 2.74. The van der Waals surface area contributed by atoms with Gasteiger partial charge in [-0.25, -0.2) is 15.0 Å². The molecular weight excluding hydrogens is 357 g/mol. The Kier molecular flexibility index (Phi) is 4.81. The molecule has 0 spiro atoms. The van der Waals surface area contributed by atoms with Gasteiger partial charge in [0.15, 0.2) is 7.28 Å². The molecule has 0 aromatic carbocycles. The third kappa shape index (κ3) is 3.13. The van der Waals surface area contributed by atoms with Crippen molar-refractivity contribution in [3.05, 3.63) is 37.2 Å². The van der Waals surface area contributed by atoms with Crippen molar-refractivity contribution in [1.82, 2.24) is 19.9 Å². The van der Waals surface area contributed by atoms with Gasteiger partial charge in [-0.05, 0) is 18.9 Å². The number of hydrogen-bond acceptors (Lipinski definition) is 6. The second kappa shape index (κ2) is 7.42. The van der Waals surface area contributed by atoms with Crippen molar-refractivity contribution in [3.63, 3.8) is 0 Å². The number of aromatic amines is 1. The number of rotatable bonds is 6. The molecular formula is C19H19BN5O3. The summed E-state index contributed by atoms with van der Waals surface area (Å²) in [5.74, 6) is -0.839. The molecule has 9 heteroatoms. The molecule has 0 unspecified atom stereocenters. The monoisotopic (exact) mass is 376 g/mol. The maximum Gasteiger partial charge on any atom is 0.309 e. The molecule has 1 fully saturated rings. The zero-order valence-corrected chi connectivity index (χ0v) is 15.2. The zero-order chi connectivity index (χ0) is 19.6. The second-order valence-corrected chi connectivity index (χ2v) is 7.03. The summed E-state index contributed by atoms with van der Waals surface area (Å²) in [5, 5.41) is 10.7. The van der Waals surface area contributed by atoms with E-state index in [1.807, 2.05) is 12.3 Å². The largest absolute Gasteiger partial charge is 0.481 e. The number of carbonyl (C=O) groups excluding carboxylic acids is 1. The number of nitrogens with one attached hydrogen (secondary N) is 1. The molecule has 1 radical (unpaired) electrons. The van der Waals surface area contributed by atoms with Crippen LogP contribution in [0.3, 0.4) is 0 Å². The lowest BCUT2D eigenvalue weighted by molar-refractivity contribution is -0.149. The quantitative estimate of drug-likeness (QED) is 0.500. The van der Waals surface area contributed by atoms with Gasteiger partial charge in [0, 0.05) is 60.1 Å². The average Bonchev–Trinajstić information content (AvgIpc) is 3.17. The molecule has 0 atom stereocenters. The Hall–Kier alpha value is -3.23. The van der Waals surface area contributed by atoms with E-state index in [1.165, 1.54) is 13.6 Å². The van der Waals surface area contributed by atoms with Gasteiger partial charge >= 0.3 is 5.97 Å². The van der Waals surface area contributed by atoms with Crippen LogP contribution in [0.15, 0.2) is 37.2 Å². The molecule has 1 saturated heterocycles. The lowest BCUT2D eigenvalue weighted by atomic mass is 9.60. The van der Waals surface area contributed by atoms with Crippen molar-refractivity contribution in [2.45, 2.75) is 19.2 Å². The number of pyridine rings is 1. The number of nitrogens with zero attached hydrogens (tertiary/aromatic N) is 4. The number of hydrogen-bond donors (Lipinski definition) is 2. The van der Waals surface area contributed by atoms with E-state index in [0.29, 0.717) is 32.1 Å². The molecule has 0 saturated carbocycles. The number of aliphatic carboxylic acids is 1. The molecule has 0 bridgehead atoms. The van der Waals surface area contributed by atoms with Gasteiger partial charge in [0.05, 0.1) is 11.6 Å². The van der Waals surface area contributed by atoms with E-state index in [-0.39, 0.29) is 6.32 Å². The number of carboxylic acids is 1. The van der Waals surface area contributed by atoms with Crippen LogP contribution in [0.5, 0.6) is 0 Å². The second-order valence-electron chi connectivity index (χ2n) is 7.03. The number of fused-ring (bicyclic) bond motifs is 1. The molecule has 3 aromatic heterocycles. The highest BCUT2D eigenvalue weighted by Gasteiger charge is 2.41. The maximum atomic E-state index is 11.9. The molecule has 4 heterocycles. The Bertz CT molecular complexity index is 999. The molecule has 3 aromatic rings. The molecule has 1 aliphatic heterocycles. The van der Waals surface area contributed by atoms with Gasteiger partial charge in [0.1, 0.15) is 12.0 Å². The van der Waals surface area contributed by atoms with Crippen LogP contribution in [0.2, 0.25) is 6.32 Å². The number of H-pyrrole nitrogens is 1. The van der Waals surface area contributed by atoms with E-state index in [2.05, 4.69) is 24.8 Å². The van der Waals surface area contributed by atoms with E-state index in [1.54, 1.807) is 18.6 Å². The van der Waals surface area contributed by atoms with Gasteiger partial charge in [-0.15, -0.1) is 0 Å². The van der Waals surface area contributed by atoms with Crippen LogP contribution in [0.4, 0.5) is 5.69 Å². The van der Waals surface area contributed by atoms with Crippen LogP contribution < -0.4 is 4.90 Å². The van der Waals surface area contributed by atoms with Crippen molar-refractivity contribution in [2.24, 2.45) is 5.41 Å². The van der Waals surface area contributed by atoms with Crippen molar-refractivity contribution in [3.8, 4) is 11.1 Å². The van der Waals surface area contributed by atoms with Gasteiger partial charge < -0.3 is 19.8 Å². The smallest absolute Gasteiger partial charge is 0.309 e. The van der Waals surface area contributed by atoms with Crippen molar-refractivity contribution in [1.29, 1.82) is 0 Å². The zero-order valence-electron chi connectivity index (χ0n) is 15.2. The van der Waals surface area contributed by atoms with Crippen molar-refractivity contribution in [2.75, 3.05) is 18.0 Å². The predicted octanol–water partition coefficient (Wildman–Crippen LogP) is 2.00. The number of aromatic nitrogens is 4. The fourth-order valence-corrected chi connectivity index (χ4v) is 3.92. The number of piperidine rings is 1. The number of carbonyl (C=O) groups is 2. The van der Waals surface area contributed by atoms with E-state index in [0.717, 1.165) is 27.8 Å². The molecule has 1 aliphatic rings. The summed E-state index contributed by atoms with van der Waals surface area (Å²) in [4.78, 5) is 40.6. The first-order valence-electron chi connectivity index (χ1n) is 9.11. The minimum absolute atomic E-state index is 0.266. The van der Waals surface area contributed by atoms with Crippen LogP contribution >= 0.6 is 0 Å². The Morgan fingerprint density at radius 1 is 1.32 bits per heavy atom. The van der Waals surface area contributed by atoms with Crippen LogP contribution in [0.1, 0.15) is 12.8 Å². The summed E-state index contributed by atoms with van der Waals surface area (Å²) in [7, 11) is 1.41. The van der Waals surface area contributed by atoms with E-state index in [4.69, 9.17) is 0 Å². The maximum absolute atomic E-state index is 11.9. The van der Waals surface area contributed by atoms with Gasteiger partial charge in [-0.2, -0.15) is 0 Å². The van der Waals surface area contributed by atoms with Crippen LogP contribution in [-0.4, -0.2) is 57.6 Å². The van der Waals surface area contributed by atoms with Crippen LogP contribution in [0, 0.1) is 5.41 Å². The van der Waals surface area contributed by atoms with Gasteiger partial charge in [0.2, 0.25) is 0 Å². The Labute approximate surface area is 162 Å². The Balaban J connectivity index is 1.67. The first-order chi connectivity index (χ1) is 13.6. The first kappa shape index (κ1) is 18.2. The molecule has 0 amide bonds. The molecule has 2 N–H and O–H groups in total. The SMILES string of the molecule is O=C[B]CC1(C(=O)O)CCN(c2ccnc3[nH]cc(-c4cncnc4)c23)CC1. The number of anilines is 1. The lowest BCUT2D eigenvalue weighted by Crippen LogP contribution is -2.45. The summed E-state index contributed by atoms with van der Waals surface area (Å²) >= 11 is 0.